The molecular formula is C22H19BrN2O4S. The second-order valence-corrected chi connectivity index (χ2v) is 9.62. The summed E-state index contributed by atoms with van der Waals surface area (Å²) in [6.07, 6.45) is 0. The predicted molar refractivity (Wildman–Crippen MR) is 118 cm³/mol. The molecule has 1 amide bonds. The van der Waals surface area contributed by atoms with Crippen LogP contribution in [-0.2, 0) is 14.8 Å². The van der Waals surface area contributed by atoms with E-state index in [0.29, 0.717) is 17.0 Å². The zero-order valence-electron chi connectivity index (χ0n) is 16.1. The minimum Gasteiger partial charge on any atom is -0.497 e. The van der Waals surface area contributed by atoms with Crippen LogP contribution >= 0.6 is 15.9 Å². The zero-order valence-corrected chi connectivity index (χ0v) is 18.5. The maximum absolute atomic E-state index is 13.7. The van der Waals surface area contributed by atoms with Gasteiger partial charge < -0.3 is 10.1 Å². The lowest BCUT2D eigenvalue weighted by Gasteiger charge is -2.29. The van der Waals surface area contributed by atoms with E-state index in [1.807, 2.05) is 42.5 Å². The molecule has 0 saturated carbocycles. The van der Waals surface area contributed by atoms with Gasteiger partial charge >= 0.3 is 0 Å². The maximum atomic E-state index is 13.7. The lowest BCUT2D eigenvalue weighted by molar-refractivity contribution is -0.116. The molecular weight excluding hydrogens is 468 g/mol. The van der Waals surface area contributed by atoms with Crippen molar-refractivity contribution in [1.29, 1.82) is 0 Å². The van der Waals surface area contributed by atoms with E-state index in [4.69, 9.17) is 4.74 Å². The summed E-state index contributed by atoms with van der Waals surface area (Å²) < 4.78 is 34.5. The fourth-order valence-electron chi connectivity index (χ4n) is 3.54. The fourth-order valence-corrected chi connectivity index (χ4v) is 5.47. The molecule has 30 heavy (non-hydrogen) atoms. The highest BCUT2D eigenvalue weighted by Crippen LogP contribution is 2.40. The standard InChI is InChI=1S/C22H19BrN2O4S/c1-29-17-8-10-18(11-9-17)30(27,28)25-14-21(26)24-20-12-7-16(23)13-19(20)22(25)15-5-3-2-4-6-15/h2-13,22H,14H2,1H3,(H,24,26)/t22-/m0/s1. The number of carbonyl (C=O) groups excluding carboxylic acids is 1. The minimum atomic E-state index is -3.99. The van der Waals surface area contributed by atoms with Gasteiger partial charge in [-0.3, -0.25) is 4.79 Å². The molecule has 0 unspecified atom stereocenters. The molecule has 0 aliphatic carbocycles. The summed E-state index contributed by atoms with van der Waals surface area (Å²) in [4.78, 5) is 12.7. The first-order chi connectivity index (χ1) is 14.4. The number of hydrogen-bond acceptors (Lipinski definition) is 4. The topological polar surface area (TPSA) is 75.7 Å². The highest BCUT2D eigenvalue weighted by atomic mass is 79.9. The number of rotatable bonds is 4. The van der Waals surface area contributed by atoms with Crippen LogP contribution in [0.15, 0.2) is 82.2 Å². The number of methoxy groups -OCH3 is 1. The van der Waals surface area contributed by atoms with Gasteiger partial charge in [0.25, 0.3) is 0 Å². The molecule has 6 nitrogen and oxygen atoms in total. The number of anilines is 1. The minimum absolute atomic E-state index is 0.0930. The number of halogens is 1. The Morgan fingerprint density at radius 3 is 2.40 bits per heavy atom. The van der Waals surface area contributed by atoms with Crippen molar-refractivity contribution in [2.24, 2.45) is 0 Å². The summed E-state index contributed by atoms with van der Waals surface area (Å²) >= 11 is 3.47. The molecule has 4 rings (SSSR count). The van der Waals surface area contributed by atoms with Crippen LogP contribution in [0.25, 0.3) is 0 Å². The van der Waals surface area contributed by atoms with E-state index >= 15 is 0 Å². The third kappa shape index (κ3) is 3.86. The van der Waals surface area contributed by atoms with Gasteiger partial charge in [0.15, 0.2) is 0 Å². The van der Waals surface area contributed by atoms with Gasteiger partial charge in [-0.15, -0.1) is 0 Å². The molecule has 1 atom stereocenters. The Bertz CT molecular complexity index is 1180. The number of sulfonamides is 1. The van der Waals surface area contributed by atoms with E-state index in [1.165, 1.54) is 23.5 Å². The lowest BCUT2D eigenvalue weighted by Crippen LogP contribution is -2.38. The van der Waals surface area contributed by atoms with Gasteiger partial charge in [0.2, 0.25) is 15.9 Å². The van der Waals surface area contributed by atoms with E-state index in [-0.39, 0.29) is 11.4 Å². The van der Waals surface area contributed by atoms with Crippen molar-refractivity contribution in [2.75, 3.05) is 19.0 Å². The number of hydrogen-bond donors (Lipinski definition) is 1. The number of amides is 1. The van der Waals surface area contributed by atoms with Crippen LogP contribution in [-0.4, -0.2) is 32.3 Å². The monoisotopic (exact) mass is 486 g/mol. The third-order valence-corrected chi connectivity index (χ3v) is 7.27. The molecule has 1 N–H and O–H groups in total. The van der Waals surface area contributed by atoms with Crippen LogP contribution in [0.5, 0.6) is 5.75 Å². The summed E-state index contributed by atoms with van der Waals surface area (Å²) in [5, 5.41) is 2.84. The Balaban J connectivity index is 1.92. The van der Waals surface area contributed by atoms with Crippen molar-refractivity contribution in [3.05, 3.63) is 88.4 Å². The number of nitrogens with zero attached hydrogens (tertiary/aromatic N) is 1. The largest absolute Gasteiger partial charge is 0.497 e. The van der Waals surface area contributed by atoms with Crippen molar-refractivity contribution in [2.45, 2.75) is 10.9 Å². The van der Waals surface area contributed by atoms with Crippen molar-refractivity contribution < 1.29 is 17.9 Å². The molecule has 1 aliphatic rings. The smallest absolute Gasteiger partial charge is 0.244 e. The quantitative estimate of drug-likeness (QED) is 0.599. The molecule has 0 saturated heterocycles. The average Bonchev–Trinajstić information content (AvgIpc) is 2.90. The van der Waals surface area contributed by atoms with Gasteiger partial charge in [0, 0.05) is 10.2 Å². The Labute approximate surface area is 183 Å². The van der Waals surface area contributed by atoms with Gasteiger partial charge in [-0.05, 0) is 53.6 Å². The van der Waals surface area contributed by atoms with E-state index in [9.17, 15) is 13.2 Å². The molecule has 0 aromatic heterocycles. The Morgan fingerprint density at radius 2 is 1.73 bits per heavy atom. The predicted octanol–water partition coefficient (Wildman–Crippen LogP) is 4.19. The first-order valence-electron chi connectivity index (χ1n) is 9.20. The number of fused-ring (bicyclic) bond motifs is 1. The molecule has 8 heteroatoms. The lowest BCUT2D eigenvalue weighted by atomic mass is 9.97. The van der Waals surface area contributed by atoms with Gasteiger partial charge in [-0.1, -0.05) is 46.3 Å². The van der Waals surface area contributed by atoms with Crippen molar-refractivity contribution in [3.8, 4) is 5.75 Å². The van der Waals surface area contributed by atoms with E-state index < -0.39 is 22.0 Å². The molecule has 1 aliphatic heterocycles. The third-order valence-electron chi connectivity index (χ3n) is 4.95. The molecule has 0 bridgehead atoms. The van der Waals surface area contributed by atoms with Gasteiger partial charge in [-0.25, -0.2) is 8.42 Å². The molecule has 0 radical (unpaired) electrons. The Hall–Kier alpha value is -2.68. The maximum Gasteiger partial charge on any atom is 0.244 e. The summed E-state index contributed by atoms with van der Waals surface area (Å²) in [6.45, 7) is -0.305. The summed E-state index contributed by atoms with van der Waals surface area (Å²) in [5.41, 5.74) is 2.05. The van der Waals surface area contributed by atoms with E-state index in [0.717, 1.165) is 10.0 Å². The van der Waals surface area contributed by atoms with Crippen molar-refractivity contribution >= 4 is 37.5 Å². The molecule has 0 fully saturated rings. The van der Waals surface area contributed by atoms with Crippen LogP contribution in [0, 0.1) is 0 Å². The van der Waals surface area contributed by atoms with E-state index in [2.05, 4.69) is 21.2 Å². The SMILES string of the molecule is COc1ccc(S(=O)(=O)N2CC(=O)Nc3ccc(Br)cc3[C@@H]2c2ccccc2)cc1. The average molecular weight is 487 g/mol. The summed E-state index contributed by atoms with van der Waals surface area (Å²) in [6, 6.07) is 20.2. The van der Waals surface area contributed by atoms with Crippen LogP contribution in [0.4, 0.5) is 5.69 Å². The Morgan fingerprint density at radius 1 is 1.03 bits per heavy atom. The van der Waals surface area contributed by atoms with Crippen molar-refractivity contribution in [1.82, 2.24) is 4.31 Å². The van der Waals surface area contributed by atoms with Crippen LogP contribution < -0.4 is 10.1 Å². The normalized spacial score (nSPS) is 17.0. The molecule has 3 aromatic carbocycles. The number of benzene rings is 3. The molecule has 1 heterocycles. The second kappa shape index (κ2) is 8.22. The number of carbonyl (C=O) groups is 1. The second-order valence-electron chi connectivity index (χ2n) is 6.82. The van der Waals surface area contributed by atoms with Gasteiger partial charge in [0.05, 0.1) is 24.6 Å². The number of ether oxygens (including phenoxy) is 1. The molecule has 3 aromatic rings. The van der Waals surface area contributed by atoms with Gasteiger partial charge in [0.1, 0.15) is 5.75 Å². The zero-order chi connectivity index (χ0) is 21.3. The van der Waals surface area contributed by atoms with Crippen LogP contribution in [0.3, 0.4) is 0 Å². The number of nitrogens with one attached hydrogen (secondary N) is 1. The van der Waals surface area contributed by atoms with Crippen molar-refractivity contribution in [3.63, 3.8) is 0 Å². The van der Waals surface area contributed by atoms with Crippen LogP contribution in [0.1, 0.15) is 17.2 Å². The summed E-state index contributed by atoms with van der Waals surface area (Å²) in [7, 11) is -2.48. The first kappa shape index (κ1) is 20.6. The van der Waals surface area contributed by atoms with Crippen LogP contribution in [0.2, 0.25) is 0 Å². The Kier molecular flexibility index (Phi) is 5.64. The summed E-state index contributed by atoms with van der Waals surface area (Å²) in [5.74, 6) is 0.158. The fraction of sp³-hybridized carbons (Fsp3) is 0.136. The highest BCUT2D eigenvalue weighted by Gasteiger charge is 2.38. The first-order valence-corrected chi connectivity index (χ1v) is 11.4. The van der Waals surface area contributed by atoms with Gasteiger partial charge in [-0.2, -0.15) is 4.31 Å². The van der Waals surface area contributed by atoms with E-state index in [1.54, 1.807) is 18.2 Å². The molecule has 0 spiro atoms. The molecule has 154 valence electrons. The highest BCUT2D eigenvalue weighted by molar-refractivity contribution is 9.10.